The number of hydrogen-bond donors (Lipinski definition) is 1. The van der Waals surface area contributed by atoms with Gasteiger partial charge < -0.3 is 5.11 Å². The predicted octanol–water partition coefficient (Wildman–Crippen LogP) is 0.736. The van der Waals surface area contributed by atoms with Crippen LogP contribution in [-0.2, 0) is 4.79 Å². The van der Waals surface area contributed by atoms with Gasteiger partial charge in [-0.3, -0.25) is 4.79 Å². The average Bonchev–Trinajstić information content (AvgIpc) is 1.80. The van der Waals surface area contributed by atoms with Crippen molar-refractivity contribution in [2.75, 3.05) is 0 Å². The zero-order valence-corrected chi connectivity index (χ0v) is 5.63. The fourth-order valence-electron chi connectivity index (χ4n) is 1.19. The van der Waals surface area contributed by atoms with E-state index in [1.807, 2.05) is 0 Å². The molecule has 0 spiro atoms. The lowest BCUT2D eigenvalue weighted by Crippen LogP contribution is -2.27. The van der Waals surface area contributed by atoms with E-state index in [9.17, 15) is 4.79 Å². The van der Waals surface area contributed by atoms with E-state index in [1.54, 1.807) is 0 Å². The van der Waals surface area contributed by atoms with Crippen LogP contribution in [0, 0.1) is 5.92 Å². The lowest BCUT2D eigenvalue weighted by Gasteiger charge is -2.20. The quantitative estimate of drug-likeness (QED) is 0.522. The maximum absolute atomic E-state index is 10.7. The molecule has 0 aromatic rings. The molecule has 9 heavy (non-hydrogen) atoms. The number of aliphatic hydroxyl groups is 1. The summed E-state index contributed by atoms with van der Waals surface area (Å²) in [5, 5.41) is 9.00. The van der Waals surface area contributed by atoms with Gasteiger partial charge in [0.05, 0.1) is 0 Å². The van der Waals surface area contributed by atoms with Crippen LogP contribution in [0.3, 0.4) is 0 Å². The molecule has 0 unspecified atom stereocenters. The highest BCUT2D eigenvalue weighted by atomic mass is 16.3. The van der Waals surface area contributed by atoms with Gasteiger partial charge in [0.25, 0.3) is 0 Å². The minimum Gasteiger partial charge on any atom is -0.385 e. The highest BCUT2D eigenvalue weighted by Gasteiger charge is 2.23. The number of carbonyl (C=O) groups is 1. The molecule has 2 atom stereocenters. The van der Waals surface area contributed by atoms with E-state index in [0.29, 0.717) is 18.8 Å². The van der Waals surface area contributed by atoms with Gasteiger partial charge in [-0.05, 0) is 18.8 Å². The summed E-state index contributed by atoms with van der Waals surface area (Å²) < 4.78 is 0. The Hall–Kier alpha value is -0.370. The van der Waals surface area contributed by atoms with Gasteiger partial charge in [-0.2, -0.15) is 0 Å². The highest BCUT2D eigenvalue weighted by Crippen LogP contribution is 2.20. The largest absolute Gasteiger partial charge is 0.385 e. The van der Waals surface area contributed by atoms with Crippen LogP contribution in [0.2, 0.25) is 0 Å². The lowest BCUT2D eigenvalue weighted by molar-refractivity contribution is -0.130. The van der Waals surface area contributed by atoms with Crippen molar-refractivity contribution in [3.8, 4) is 0 Å². The standard InChI is InChI=1S/C7H12O2/c1-5-2-3-6(8)7(9)4-5/h5,7,9H,2-4H2,1H3/t5-,7-/m1/s1. The molecule has 0 radical (unpaired) electrons. The monoisotopic (exact) mass is 128 g/mol. The first kappa shape index (κ1) is 6.75. The fourth-order valence-corrected chi connectivity index (χ4v) is 1.19. The van der Waals surface area contributed by atoms with E-state index in [0.717, 1.165) is 6.42 Å². The Labute approximate surface area is 54.9 Å². The third-order valence-corrected chi connectivity index (χ3v) is 1.88. The third-order valence-electron chi connectivity index (χ3n) is 1.88. The molecule has 0 aromatic heterocycles. The molecule has 1 aliphatic rings. The summed E-state index contributed by atoms with van der Waals surface area (Å²) in [5.41, 5.74) is 0. The van der Waals surface area contributed by atoms with Gasteiger partial charge in [0.15, 0.2) is 5.78 Å². The van der Waals surface area contributed by atoms with E-state index in [4.69, 9.17) is 5.11 Å². The van der Waals surface area contributed by atoms with Gasteiger partial charge >= 0.3 is 0 Å². The number of hydrogen-bond acceptors (Lipinski definition) is 2. The Bertz CT molecular complexity index is 120. The molecule has 1 fully saturated rings. The van der Waals surface area contributed by atoms with Gasteiger partial charge in [0, 0.05) is 6.42 Å². The molecule has 1 N–H and O–H groups in total. The van der Waals surface area contributed by atoms with Crippen LogP contribution >= 0.6 is 0 Å². The van der Waals surface area contributed by atoms with Crippen LogP contribution in [0.25, 0.3) is 0 Å². The van der Waals surface area contributed by atoms with E-state index >= 15 is 0 Å². The Kier molecular flexibility index (Phi) is 1.86. The molecule has 2 nitrogen and oxygen atoms in total. The summed E-state index contributed by atoms with van der Waals surface area (Å²) in [7, 11) is 0. The van der Waals surface area contributed by atoms with Gasteiger partial charge in [0.1, 0.15) is 6.10 Å². The average molecular weight is 128 g/mol. The van der Waals surface area contributed by atoms with Crippen LogP contribution in [0.15, 0.2) is 0 Å². The number of Topliss-reactive ketones (excluding diaryl/α,β-unsaturated/α-hetero) is 1. The normalized spacial score (nSPS) is 36.9. The number of rotatable bonds is 0. The van der Waals surface area contributed by atoms with Gasteiger partial charge in [-0.1, -0.05) is 6.92 Å². The van der Waals surface area contributed by atoms with Gasteiger partial charge in [-0.25, -0.2) is 0 Å². The zero-order valence-electron chi connectivity index (χ0n) is 5.63. The first-order valence-corrected chi connectivity index (χ1v) is 3.41. The molecule has 52 valence electrons. The fraction of sp³-hybridized carbons (Fsp3) is 0.857. The molecule has 1 aliphatic carbocycles. The molecular formula is C7H12O2. The van der Waals surface area contributed by atoms with E-state index in [-0.39, 0.29) is 5.78 Å². The molecule has 0 amide bonds. The van der Waals surface area contributed by atoms with Crippen molar-refractivity contribution >= 4 is 5.78 Å². The Balaban J connectivity index is 2.44. The van der Waals surface area contributed by atoms with Crippen LogP contribution in [0.1, 0.15) is 26.2 Å². The number of aliphatic hydroxyl groups excluding tert-OH is 1. The first-order chi connectivity index (χ1) is 4.20. The zero-order chi connectivity index (χ0) is 6.85. The molecule has 0 saturated heterocycles. The Morgan fingerprint density at radius 2 is 2.33 bits per heavy atom. The Morgan fingerprint density at radius 3 is 2.78 bits per heavy atom. The highest BCUT2D eigenvalue weighted by molar-refractivity contribution is 5.83. The van der Waals surface area contributed by atoms with Crippen molar-refractivity contribution in [1.82, 2.24) is 0 Å². The topological polar surface area (TPSA) is 37.3 Å². The predicted molar refractivity (Wildman–Crippen MR) is 34.0 cm³/mol. The van der Waals surface area contributed by atoms with Crippen molar-refractivity contribution < 1.29 is 9.90 Å². The maximum Gasteiger partial charge on any atom is 0.161 e. The molecule has 1 saturated carbocycles. The van der Waals surface area contributed by atoms with Crippen molar-refractivity contribution in [1.29, 1.82) is 0 Å². The SMILES string of the molecule is C[C@@H]1CCC(=O)[C@H](O)C1. The molecule has 1 rings (SSSR count). The maximum atomic E-state index is 10.7. The minimum atomic E-state index is -0.659. The van der Waals surface area contributed by atoms with Crippen molar-refractivity contribution in [3.05, 3.63) is 0 Å². The van der Waals surface area contributed by atoms with E-state index in [1.165, 1.54) is 0 Å². The summed E-state index contributed by atoms with van der Waals surface area (Å²) in [6.07, 6.45) is 1.53. The van der Waals surface area contributed by atoms with Crippen LogP contribution < -0.4 is 0 Å². The van der Waals surface area contributed by atoms with Crippen molar-refractivity contribution in [2.24, 2.45) is 5.92 Å². The van der Waals surface area contributed by atoms with Crippen LogP contribution in [0.5, 0.6) is 0 Å². The number of carbonyl (C=O) groups excluding carboxylic acids is 1. The second-order valence-corrected chi connectivity index (χ2v) is 2.86. The lowest BCUT2D eigenvalue weighted by atomic mass is 9.88. The van der Waals surface area contributed by atoms with Crippen molar-refractivity contribution in [2.45, 2.75) is 32.3 Å². The second-order valence-electron chi connectivity index (χ2n) is 2.86. The second kappa shape index (κ2) is 2.48. The molecular weight excluding hydrogens is 116 g/mol. The summed E-state index contributed by atoms with van der Waals surface area (Å²) in [5.74, 6) is 0.547. The molecule has 0 heterocycles. The number of ketones is 1. The van der Waals surface area contributed by atoms with Crippen LogP contribution in [0.4, 0.5) is 0 Å². The Morgan fingerprint density at radius 1 is 1.67 bits per heavy atom. The summed E-state index contributed by atoms with van der Waals surface area (Å²) >= 11 is 0. The summed E-state index contributed by atoms with van der Waals surface area (Å²) in [6, 6.07) is 0. The molecule has 0 bridgehead atoms. The first-order valence-electron chi connectivity index (χ1n) is 3.41. The van der Waals surface area contributed by atoms with E-state index < -0.39 is 6.10 Å². The smallest absolute Gasteiger partial charge is 0.161 e. The minimum absolute atomic E-state index is 0.0214. The summed E-state index contributed by atoms with van der Waals surface area (Å²) in [6.45, 7) is 2.07. The molecule has 0 aromatic carbocycles. The van der Waals surface area contributed by atoms with Gasteiger partial charge in [0.2, 0.25) is 0 Å². The summed E-state index contributed by atoms with van der Waals surface area (Å²) in [4.78, 5) is 10.7. The molecule has 0 aliphatic heterocycles. The van der Waals surface area contributed by atoms with E-state index in [2.05, 4.69) is 6.92 Å². The molecule has 2 heteroatoms. The third kappa shape index (κ3) is 1.52. The van der Waals surface area contributed by atoms with Crippen molar-refractivity contribution in [3.63, 3.8) is 0 Å². The van der Waals surface area contributed by atoms with Crippen LogP contribution in [-0.4, -0.2) is 17.0 Å². The van der Waals surface area contributed by atoms with Gasteiger partial charge in [-0.15, -0.1) is 0 Å².